The second-order valence-corrected chi connectivity index (χ2v) is 8.09. The molecule has 0 bridgehead atoms. The molecule has 1 fully saturated rings. The molecule has 0 radical (unpaired) electrons. The lowest BCUT2D eigenvalue weighted by molar-refractivity contribution is -0.127. The van der Waals surface area contributed by atoms with Crippen LogP contribution in [0.5, 0.6) is 0 Å². The Morgan fingerprint density at radius 2 is 1.59 bits per heavy atom. The zero-order chi connectivity index (χ0) is 19.2. The number of piperidine rings is 1. The number of nitrogens with one attached hydrogen (secondary N) is 1. The maximum Gasteiger partial charge on any atom is 0.223 e. The SMILES string of the molecule is CC(C)c1ccc(CN2CCC(C(=O)NC(C)c3ccccc3)CC2)cc1. The Morgan fingerprint density at radius 3 is 2.19 bits per heavy atom. The molecule has 1 aliphatic rings. The van der Waals surface area contributed by atoms with Crippen molar-refractivity contribution in [2.24, 2.45) is 5.92 Å². The van der Waals surface area contributed by atoms with Crippen LogP contribution < -0.4 is 5.32 Å². The minimum absolute atomic E-state index is 0.0659. The standard InChI is InChI=1S/C24H32N2O/c1-18(2)21-11-9-20(10-12-21)17-26-15-13-23(14-16-26)24(27)25-19(3)22-7-5-4-6-8-22/h4-12,18-19,23H,13-17H2,1-3H3,(H,25,27). The predicted octanol–water partition coefficient (Wildman–Crippen LogP) is 4.90. The van der Waals surface area contributed by atoms with Gasteiger partial charge in [0.05, 0.1) is 6.04 Å². The van der Waals surface area contributed by atoms with E-state index < -0.39 is 0 Å². The van der Waals surface area contributed by atoms with Gasteiger partial charge in [-0.05, 0) is 55.5 Å². The third-order valence-corrected chi connectivity index (χ3v) is 5.67. The molecule has 1 saturated heterocycles. The van der Waals surface area contributed by atoms with Crippen LogP contribution in [0.15, 0.2) is 54.6 Å². The quantitative estimate of drug-likeness (QED) is 0.791. The van der Waals surface area contributed by atoms with Crippen LogP contribution in [0, 0.1) is 5.92 Å². The number of hydrogen-bond donors (Lipinski definition) is 1. The van der Waals surface area contributed by atoms with Gasteiger partial charge in [0.25, 0.3) is 0 Å². The Bertz CT molecular complexity index is 716. The van der Waals surface area contributed by atoms with Gasteiger partial charge in [-0.15, -0.1) is 0 Å². The van der Waals surface area contributed by atoms with Crippen molar-refractivity contribution in [3.8, 4) is 0 Å². The van der Waals surface area contributed by atoms with Crippen molar-refractivity contribution in [3.05, 3.63) is 71.3 Å². The van der Waals surface area contributed by atoms with E-state index in [1.807, 2.05) is 18.2 Å². The fourth-order valence-electron chi connectivity index (χ4n) is 3.78. The van der Waals surface area contributed by atoms with Gasteiger partial charge in [-0.3, -0.25) is 9.69 Å². The highest BCUT2D eigenvalue weighted by atomic mass is 16.1. The van der Waals surface area contributed by atoms with Gasteiger partial charge in [-0.1, -0.05) is 68.4 Å². The molecule has 1 amide bonds. The third-order valence-electron chi connectivity index (χ3n) is 5.67. The minimum atomic E-state index is 0.0659. The maximum absolute atomic E-state index is 12.6. The molecular formula is C24H32N2O. The molecule has 0 aliphatic carbocycles. The molecule has 0 aromatic heterocycles. The predicted molar refractivity (Wildman–Crippen MR) is 112 cm³/mol. The molecular weight excluding hydrogens is 332 g/mol. The summed E-state index contributed by atoms with van der Waals surface area (Å²) in [6.45, 7) is 9.47. The molecule has 3 heteroatoms. The first-order chi connectivity index (χ1) is 13.0. The number of carbonyl (C=O) groups is 1. The van der Waals surface area contributed by atoms with Crippen molar-refractivity contribution in [1.29, 1.82) is 0 Å². The lowest BCUT2D eigenvalue weighted by Crippen LogP contribution is -2.40. The van der Waals surface area contributed by atoms with Gasteiger partial charge in [0.2, 0.25) is 5.91 Å². The van der Waals surface area contributed by atoms with Crippen LogP contribution in [-0.4, -0.2) is 23.9 Å². The van der Waals surface area contributed by atoms with Crippen molar-refractivity contribution in [1.82, 2.24) is 10.2 Å². The number of carbonyl (C=O) groups excluding carboxylic acids is 1. The molecule has 1 atom stereocenters. The number of nitrogens with zero attached hydrogens (tertiary/aromatic N) is 1. The van der Waals surface area contributed by atoms with Crippen LogP contribution in [-0.2, 0) is 11.3 Å². The average Bonchev–Trinajstić information content (AvgIpc) is 2.69. The Labute approximate surface area is 163 Å². The third kappa shape index (κ3) is 5.43. The van der Waals surface area contributed by atoms with E-state index in [9.17, 15) is 4.79 Å². The summed E-state index contributed by atoms with van der Waals surface area (Å²) < 4.78 is 0. The maximum atomic E-state index is 12.6. The Balaban J connectivity index is 1.46. The van der Waals surface area contributed by atoms with E-state index in [1.54, 1.807) is 0 Å². The van der Waals surface area contributed by atoms with Crippen molar-refractivity contribution in [2.45, 2.75) is 52.1 Å². The van der Waals surface area contributed by atoms with E-state index in [0.717, 1.165) is 38.0 Å². The number of likely N-dealkylation sites (tertiary alicyclic amines) is 1. The van der Waals surface area contributed by atoms with E-state index in [2.05, 4.69) is 67.4 Å². The highest BCUT2D eigenvalue weighted by Crippen LogP contribution is 2.22. The van der Waals surface area contributed by atoms with Crippen LogP contribution in [0.3, 0.4) is 0 Å². The molecule has 1 heterocycles. The van der Waals surface area contributed by atoms with E-state index in [1.165, 1.54) is 11.1 Å². The Morgan fingerprint density at radius 1 is 0.963 bits per heavy atom. The monoisotopic (exact) mass is 364 g/mol. The second-order valence-electron chi connectivity index (χ2n) is 8.09. The molecule has 2 aromatic carbocycles. The highest BCUT2D eigenvalue weighted by Gasteiger charge is 2.26. The summed E-state index contributed by atoms with van der Waals surface area (Å²) in [6, 6.07) is 19.2. The van der Waals surface area contributed by atoms with Gasteiger partial charge in [-0.25, -0.2) is 0 Å². The lowest BCUT2D eigenvalue weighted by Gasteiger charge is -2.32. The molecule has 3 nitrogen and oxygen atoms in total. The van der Waals surface area contributed by atoms with E-state index in [0.29, 0.717) is 5.92 Å². The second kappa shape index (κ2) is 9.18. The summed E-state index contributed by atoms with van der Waals surface area (Å²) >= 11 is 0. The first kappa shape index (κ1) is 19.6. The van der Waals surface area contributed by atoms with E-state index >= 15 is 0 Å². The first-order valence-electron chi connectivity index (χ1n) is 10.2. The lowest BCUT2D eigenvalue weighted by atomic mass is 9.94. The zero-order valence-electron chi connectivity index (χ0n) is 16.8. The van der Waals surface area contributed by atoms with Crippen molar-refractivity contribution in [3.63, 3.8) is 0 Å². The smallest absolute Gasteiger partial charge is 0.223 e. The Kier molecular flexibility index (Phi) is 6.68. The number of benzene rings is 2. The first-order valence-corrected chi connectivity index (χ1v) is 10.2. The van der Waals surface area contributed by atoms with Crippen LogP contribution in [0.25, 0.3) is 0 Å². The van der Waals surface area contributed by atoms with Gasteiger partial charge in [-0.2, -0.15) is 0 Å². The van der Waals surface area contributed by atoms with E-state index in [4.69, 9.17) is 0 Å². The zero-order valence-corrected chi connectivity index (χ0v) is 16.8. The molecule has 1 N–H and O–H groups in total. The van der Waals surface area contributed by atoms with Crippen LogP contribution >= 0.6 is 0 Å². The van der Waals surface area contributed by atoms with Crippen LogP contribution in [0.4, 0.5) is 0 Å². The van der Waals surface area contributed by atoms with Crippen molar-refractivity contribution >= 4 is 5.91 Å². The summed E-state index contributed by atoms with van der Waals surface area (Å²) in [7, 11) is 0. The number of amides is 1. The van der Waals surface area contributed by atoms with Crippen molar-refractivity contribution < 1.29 is 4.79 Å². The number of hydrogen-bond acceptors (Lipinski definition) is 2. The van der Waals surface area contributed by atoms with Gasteiger partial charge >= 0.3 is 0 Å². The van der Waals surface area contributed by atoms with E-state index in [-0.39, 0.29) is 17.9 Å². The summed E-state index contributed by atoms with van der Waals surface area (Å²) in [5.41, 5.74) is 3.91. The molecule has 27 heavy (non-hydrogen) atoms. The molecule has 0 saturated carbocycles. The summed E-state index contributed by atoms with van der Waals surface area (Å²) in [4.78, 5) is 15.1. The summed E-state index contributed by atoms with van der Waals surface area (Å²) in [5.74, 6) is 0.912. The molecule has 2 aromatic rings. The molecule has 1 unspecified atom stereocenters. The minimum Gasteiger partial charge on any atom is -0.349 e. The molecule has 0 spiro atoms. The van der Waals surface area contributed by atoms with Crippen molar-refractivity contribution in [2.75, 3.05) is 13.1 Å². The topological polar surface area (TPSA) is 32.3 Å². The van der Waals surface area contributed by atoms with Gasteiger partial charge < -0.3 is 5.32 Å². The largest absolute Gasteiger partial charge is 0.349 e. The Hall–Kier alpha value is -2.13. The van der Waals surface area contributed by atoms with Gasteiger partial charge in [0.15, 0.2) is 0 Å². The molecule has 144 valence electrons. The fourth-order valence-corrected chi connectivity index (χ4v) is 3.78. The van der Waals surface area contributed by atoms with Gasteiger partial charge in [0, 0.05) is 12.5 Å². The highest BCUT2D eigenvalue weighted by molar-refractivity contribution is 5.79. The summed E-state index contributed by atoms with van der Waals surface area (Å²) in [5, 5.41) is 3.19. The molecule has 3 rings (SSSR count). The normalized spacial score (nSPS) is 17.0. The summed E-state index contributed by atoms with van der Waals surface area (Å²) in [6.07, 6.45) is 1.88. The van der Waals surface area contributed by atoms with Crippen LogP contribution in [0.1, 0.15) is 62.3 Å². The number of rotatable bonds is 6. The van der Waals surface area contributed by atoms with Crippen LogP contribution in [0.2, 0.25) is 0 Å². The fraction of sp³-hybridized carbons (Fsp3) is 0.458. The molecule has 1 aliphatic heterocycles. The van der Waals surface area contributed by atoms with Gasteiger partial charge in [0.1, 0.15) is 0 Å². The average molecular weight is 365 g/mol.